The number of nitrogens with one attached hydrogen (secondary N) is 1. The van der Waals surface area contributed by atoms with Crippen LogP contribution < -0.4 is 5.32 Å². The Balaban J connectivity index is 1.53. The summed E-state index contributed by atoms with van der Waals surface area (Å²) in [6, 6.07) is 6.92. The van der Waals surface area contributed by atoms with Gasteiger partial charge in [-0.05, 0) is 37.1 Å². The summed E-state index contributed by atoms with van der Waals surface area (Å²) in [6.45, 7) is 4.10. The van der Waals surface area contributed by atoms with E-state index in [1.54, 1.807) is 18.3 Å². The molecule has 0 amide bonds. The highest BCUT2D eigenvalue weighted by Gasteiger charge is 2.36. The molecular formula is C17H22FN3O. The molecule has 0 bridgehead atoms. The second-order valence-electron chi connectivity index (χ2n) is 5.92. The number of rotatable bonds is 7. The van der Waals surface area contributed by atoms with Crippen molar-refractivity contribution in [1.29, 1.82) is 0 Å². The van der Waals surface area contributed by atoms with Crippen molar-refractivity contribution >= 4 is 0 Å². The number of hydrogen-bond acceptors (Lipinski definition) is 3. The summed E-state index contributed by atoms with van der Waals surface area (Å²) in [5.74, 6) is -0.177. The van der Waals surface area contributed by atoms with Gasteiger partial charge in [0.1, 0.15) is 5.82 Å². The van der Waals surface area contributed by atoms with Crippen LogP contribution in [0.5, 0.6) is 0 Å². The first-order valence-corrected chi connectivity index (χ1v) is 7.79. The first kappa shape index (κ1) is 15.2. The van der Waals surface area contributed by atoms with E-state index in [9.17, 15) is 4.39 Å². The highest BCUT2D eigenvalue weighted by molar-refractivity contribution is 5.28. The maximum atomic E-state index is 13.5. The van der Waals surface area contributed by atoms with Crippen molar-refractivity contribution in [1.82, 2.24) is 14.9 Å². The molecule has 1 atom stereocenters. The molecule has 1 aliphatic rings. The molecule has 1 fully saturated rings. The third kappa shape index (κ3) is 3.54. The van der Waals surface area contributed by atoms with Crippen LogP contribution in [0.15, 0.2) is 43.0 Å². The van der Waals surface area contributed by atoms with Crippen molar-refractivity contribution in [2.75, 3.05) is 26.3 Å². The minimum atomic E-state index is -0.177. The van der Waals surface area contributed by atoms with Gasteiger partial charge in [0.25, 0.3) is 0 Å². The van der Waals surface area contributed by atoms with Crippen LogP contribution in [0.2, 0.25) is 0 Å². The van der Waals surface area contributed by atoms with Crippen LogP contribution in [-0.4, -0.2) is 35.9 Å². The van der Waals surface area contributed by atoms with E-state index in [1.165, 1.54) is 6.07 Å². The normalized spacial score (nSPS) is 21.3. The Hall–Kier alpha value is -1.72. The van der Waals surface area contributed by atoms with Crippen LogP contribution in [0.4, 0.5) is 4.39 Å². The maximum Gasteiger partial charge on any atom is 0.123 e. The monoisotopic (exact) mass is 303 g/mol. The van der Waals surface area contributed by atoms with E-state index in [-0.39, 0.29) is 11.2 Å². The Labute approximate surface area is 130 Å². The van der Waals surface area contributed by atoms with Gasteiger partial charge in [0, 0.05) is 37.5 Å². The quantitative estimate of drug-likeness (QED) is 0.798. The number of ether oxygens (including phenoxy) is 1. The van der Waals surface area contributed by atoms with Gasteiger partial charge in [-0.2, -0.15) is 0 Å². The lowest BCUT2D eigenvalue weighted by Gasteiger charge is -2.28. The van der Waals surface area contributed by atoms with Crippen LogP contribution in [0.25, 0.3) is 0 Å². The first-order chi connectivity index (χ1) is 10.8. The van der Waals surface area contributed by atoms with Crippen LogP contribution in [-0.2, 0) is 16.7 Å². The summed E-state index contributed by atoms with van der Waals surface area (Å²) in [5.41, 5.74) is 0.934. The predicted molar refractivity (Wildman–Crippen MR) is 83.2 cm³/mol. The molecule has 1 aliphatic heterocycles. The average molecular weight is 303 g/mol. The SMILES string of the molecule is Fc1cccc(C2(CNCCCn3ccnc3)CCOC2)c1. The lowest BCUT2D eigenvalue weighted by Crippen LogP contribution is -2.39. The molecule has 22 heavy (non-hydrogen) atoms. The minimum absolute atomic E-state index is 0.100. The molecule has 0 radical (unpaired) electrons. The smallest absolute Gasteiger partial charge is 0.123 e. The fourth-order valence-electron chi connectivity index (χ4n) is 3.03. The van der Waals surface area contributed by atoms with Gasteiger partial charge in [0.15, 0.2) is 0 Å². The minimum Gasteiger partial charge on any atom is -0.380 e. The number of hydrogen-bond donors (Lipinski definition) is 1. The van der Waals surface area contributed by atoms with Crippen molar-refractivity contribution in [3.05, 3.63) is 54.4 Å². The molecule has 2 heterocycles. The Morgan fingerprint density at radius 3 is 3.09 bits per heavy atom. The molecule has 1 aromatic carbocycles. The number of benzene rings is 1. The molecule has 1 N–H and O–H groups in total. The highest BCUT2D eigenvalue weighted by Crippen LogP contribution is 2.32. The molecule has 0 saturated carbocycles. The van der Waals surface area contributed by atoms with Crippen molar-refractivity contribution in [3.8, 4) is 0 Å². The van der Waals surface area contributed by atoms with Crippen LogP contribution in [0.1, 0.15) is 18.4 Å². The zero-order chi connectivity index (χ0) is 15.3. The predicted octanol–water partition coefficient (Wildman–Crippen LogP) is 2.36. The average Bonchev–Trinajstić information content (AvgIpc) is 3.19. The largest absolute Gasteiger partial charge is 0.380 e. The van der Waals surface area contributed by atoms with Gasteiger partial charge in [-0.15, -0.1) is 0 Å². The number of imidazole rings is 1. The highest BCUT2D eigenvalue weighted by atomic mass is 19.1. The fourth-order valence-corrected chi connectivity index (χ4v) is 3.03. The topological polar surface area (TPSA) is 39.1 Å². The van der Waals surface area contributed by atoms with E-state index in [0.29, 0.717) is 6.61 Å². The van der Waals surface area contributed by atoms with Crippen molar-refractivity contribution in [2.24, 2.45) is 0 Å². The molecule has 5 heteroatoms. The Bertz CT molecular complexity index is 579. The summed E-state index contributed by atoms with van der Waals surface area (Å²) < 4.78 is 21.2. The van der Waals surface area contributed by atoms with Crippen LogP contribution in [0, 0.1) is 5.82 Å². The van der Waals surface area contributed by atoms with Gasteiger partial charge < -0.3 is 14.6 Å². The van der Waals surface area contributed by atoms with Gasteiger partial charge in [-0.25, -0.2) is 9.37 Å². The molecule has 118 valence electrons. The molecule has 0 spiro atoms. The Morgan fingerprint density at radius 2 is 2.36 bits per heavy atom. The summed E-state index contributed by atoms with van der Waals surface area (Å²) in [5, 5.41) is 3.51. The zero-order valence-electron chi connectivity index (χ0n) is 12.7. The second kappa shape index (κ2) is 7.03. The maximum absolute atomic E-state index is 13.5. The van der Waals surface area contributed by atoms with Gasteiger partial charge in [0.2, 0.25) is 0 Å². The van der Waals surface area contributed by atoms with Gasteiger partial charge in [-0.3, -0.25) is 0 Å². The number of nitrogens with zero attached hydrogens (tertiary/aromatic N) is 2. The Morgan fingerprint density at radius 1 is 1.41 bits per heavy atom. The van der Waals surface area contributed by atoms with Crippen LogP contribution >= 0.6 is 0 Å². The molecule has 3 rings (SSSR count). The number of halogens is 1. The molecule has 1 aromatic heterocycles. The lowest BCUT2D eigenvalue weighted by atomic mass is 9.79. The summed E-state index contributed by atoms with van der Waals surface area (Å²) in [6.07, 6.45) is 7.57. The molecular weight excluding hydrogens is 281 g/mol. The third-order valence-corrected chi connectivity index (χ3v) is 4.33. The molecule has 1 unspecified atom stereocenters. The summed E-state index contributed by atoms with van der Waals surface area (Å²) in [4.78, 5) is 4.03. The van der Waals surface area contributed by atoms with Crippen LogP contribution in [0.3, 0.4) is 0 Å². The standard InChI is InChI=1S/C17H22FN3O/c18-16-4-1-3-15(11-16)17(5-10-22-13-17)12-19-6-2-8-21-9-7-20-14-21/h1,3-4,7,9,11,14,19H,2,5-6,8,10,12-13H2. The third-order valence-electron chi connectivity index (χ3n) is 4.33. The molecule has 1 saturated heterocycles. The van der Waals surface area contributed by atoms with Gasteiger partial charge in [0.05, 0.1) is 12.9 Å². The first-order valence-electron chi connectivity index (χ1n) is 7.79. The zero-order valence-corrected chi connectivity index (χ0v) is 12.7. The lowest BCUT2D eigenvalue weighted by molar-refractivity contribution is 0.176. The Kier molecular flexibility index (Phi) is 4.85. The second-order valence-corrected chi connectivity index (χ2v) is 5.92. The summed E-state index contributed by atoms with van der Waals surface area (Å²) in [7, 11) is 0. The van der Waals surface area contributed by atoms with Crippen molar-refractivity contribution in [3.63, 3.8) is 0 Å². The summed E-state index contributed by atoms with van der Waals surface area (Å²) >= 11 is 0. The number of aryl methyl sites for hydroxylation is 1. The van der Waals surface area contributed by atoms with E-state index >= 15 is 0 Å². The van der Waals surface area contributed by atoms with E-state index in [4.69, 9.17) is 4.74 Å². The van der Waals surface area contributed by atoms with Crippen molar-refractivity contribution < 1.29 is 9.13 Å². The van der Waals surface area contributed by atoms with Gasteiger partial charge >= 0.3 is 0 Å². The van der Waals surface area contributed by atoms with E-state index in [0.717, 1.165) is 44.6 Å². The molecule has 2 aromatic rings. The van der Waals surface area contributed by atoms with Crippen molar-refractivity contribution in [2.45, 2.75) is 24.8 Å². The molecule has 0 aliphatic carbocycles. The van der Waals surface area contributed by atoms with E-state index in [1.807, 2.05) is 18.6 Å². The van der Waals surface area contributed by atoms with Gasteiger partial charge in [-0.1, -0.05) is 12.1 Å². The number of aromatic nitrogens is 2. The molecule has 4 nitrogen and oxygen atoms in total. The fraction of sp³-hybridized carbons (Fsp3) is 0.471. The van der Waals surface area contributed by atoms with E-state index in [2.05, 4.69) is 14.9 Å². The van der Waals surface area contributed by atoms with E-state index < -0.39 is 0 Å².